The maximum Gasteiger partial charge on any atom is 0.138 e. The van der Waals surface area contributed by atoms with E-state index in [1.54, 1.807) is 0 Å². The Labute approximate surface area is 64.7 Å². The fraction of sp³-hybridized carbons (Fsp3) is 0.333. The lowest BCUT2D eigenvalue weighted by atomic mass is 9.94. The number of hydrogen-bond acceptors (Lipinski definition) is 0. The number of allylic oxidation sites excluding steroid dienone is 5. The highest BCUT2D eigenvalue weighted by molar-refractivity contribution is 6.23. The molecule has 0 nitrogen and oxygen atoms in total. The van der Waals surface area contributed by atoms with Gasteiger partial charge in [0.15, 0.2) is 0 Å². The van der Waals surface area contributed by atoms with Crippen LogP contribution in [0.3, 0.4) is 0 Å². The summed E-state index contributed by atoms with van der Waals surface area (Å²) in [5.74, 6) is 0. The van der Waals surface area contributed by atoms with E-state index in [0.717, 1.165) is 5.47 Å². The minimum absolute atomic E-state index is 1.11. The molecule has 0 aliphatic rings. The molecule has 0 aliphatic carbocycles. The monoisotopic (exact) mass is 134 g/mol. The molecule has 0 N–H and O–H groups in total. The topological polar surface area (TPSA) is 0 Å². The van der Waals surface area contributed by atoms with Gasteiger partial charge in [-0.2, -0.15) is 0 Å². The summed E-state index contributed by atoms with van der Waals surface area (Å²) >= 11 is 0. The molecule has 0 bridgehead atoms. The van der Waals surface area contributed by atoms with Crippen LogP contribution in [-0.2, 0) is 0 Å². The molecule has 0 rings (SSSR count). The maximum atomic E-state index is 3.81. The second-order valence-electron chi connectivity index (χ2n) is 2.65. The molecule has 0 atom stereocenters. The molecule has 0 aromatic heterocycles. The summed E-state index contributed by atoms with van der Waals surface area (Å²) in [6, 6.07) is 0. The summed E-state index contributed by atoms with van der Waals surface area (Å²) in [4.78, 5) is 0. The van der Waals surface area contributed by atoms with Crippen LogP contribution in [0.1, 0.15) is 20.8 Å². The van der Waals surface area contributed by atoms with E-state index < -0.39 is 0 Å². The van der Waals surface area contributed by atoms with Gasteiger partial charge in [-0.15, -0.1) is 6.58 Å². The SMILES string of the molecule is BC(=C)/C=C(C)\C(C)=C/C. The molecule has 0 saturated heterocycles. The summed E-state index contributed by atoms with van der Waals surface area (Å²) in [5, 5.41) is 0. The smallest absolute Gasteiger partial charge is 0.105 e. The fourth-order valence-electron chi connectivity index (χ4n) is 0.711. The molecule has 0 heterocycles. The lowest BCUT2D eigenvalue weighted by molar-refractivity contribution is 1.32. The summed E-state index contributed by atoms with van der Waals surface area (Å²) in [7, 11) is 2.01. The average Bonchev–Trinajstić information content (AvgIpc) is 1.85. The molecule has 0 aliphatic heterocycles. The molecule has 0 unspecified atom stereocenters. The van der Waals surface area contributed by atoms with Crippen LogP contribution in [0.15, 0.2) is 35.3 Å². The molecule has 54 valence electrons. The van der Waals surface area contributed by atoms with Gasteiger partial charge in [0, 0.05) is 0 Å². The van der Waals surface area contributed by atoms with E-state index in [-0.39, 0.29) is 0 Å². The molecule has 0 saturated carbocycles. The predicted molar refractivity (Wildman–Crippen MR) is 50.9 cm³/mol. The van der Waals surface area contributed by atoms with E-state index in [0.29, 0.717) is 0 Å². The minimum Gasteiger partial charge on any atom is -0.105 e. The Hall–Kier alpha value is -0.715. The van der Waals surface area contributed by atoms with Crippen molar-refractivity contribution in [1.29, 1.82) is 0 Å². The van der Waals surface area contributed by atoms with E-state index in [2.05, 4.69) is 32.6 Å². The molecule has 1 heteroatoms. The first-order valence-electron chi connectivity index (χ1n) is 3.55. The third kappa shape index (κ3) is 3.34. The van der Waals surface area contributed by atoms with E-state index in [9.17, 15) is 0 Å². The van der Waals surface area contributed by atoms with Crippen molar-refractivity contribution in [2.75, 3.05) is 0 Å². The van der Waals surface area contributed by atoms with Gasteiger partial charge in [-0.3, -0.25) is 0 Å². The van der Waals surface area contributed by atoms with Crippen molar-refractivity contribution in [3.8, 4) is 0 Å². The molecule has 0 amide bonds. The maximum absolute atomic E-state index is 3.81. The van der Waals surface area contributed by atoms with Crippen molar-refractivity contribution in [3.05, 3.63) is 35.3 Å². The molecular weight excluding hydrogens is 119 g/mol. The Kier molecular flexibility index (Phi) is 3.86. The van der Waals surface area contributed by atoms with Crippen LogP contribution in [0.2, 0.25) is 0 Å². The standard InChI is InChI=1S/C9H15B/c1-5-7(2)8(3)6-9(4)10/h5-6H,4,10H2,1-3H3/b7-5-,8-6-. The minimum atomic E-state index is 1.11. The van der Waals surface area contributed by atoms with Crippen LogP contribution in [0.4, 0.5) is 0 Å². The van der Waals surface area contributed by atoms with Crippen molar-refractivity contribution >= 4 is 7.85 Å². The Bertz CT molecular complexity index is 185. The highest BCUT2D eigenvalue weighted by Gasteiger charge is 1.88. The van der Waals surface area contributed by atoms with E-state index in [1.165, 1.54) is 11.1 Å². The van der Waals surface area contributed by atoms with Crippen molar-refractivity contribution < 1.29 is 0 Å². The molecular formula is C9H15B. The zero-order chi connectivity index (χ0) is 8.15. The zero-order valence-electron chi connectivity index (χ0n) is 7.36. The van der Waals surface area contributed by atoms with Crippen LogP contribution in [-0.4, -0.2) is 7.85 Å². The third-order valence-electron chi connectivity index (χ3n) is 1.52. The zero-order valence-corrected chi connectivity index (χ0v) is 7.36. The first-order valence-corrected chi connectivity index (χ1v) is 3.55. The molecule has 0 fully saturated rings. The summed E-state index contributed by atoms with van der Waals surface area (Å²) < 4.78 is 0. The van der Waals surface area contributed by atoms with Crippen molar-refractivity contribution in [2.24, 2.45) is 0 Å². The van der Waals surface area contributed by atoms with Gasteiger partial charge in [-0.05, 0) is 26.3 Å². The first kappa shape index (κ1) is 9.28. The summed E-state index contributed by atoms with van der Waals surface area (Å²) in [5.41, 5.74) is 3.73. The van der Waals surface area contributed by atoms with Gasteiger partial charge in [0.25, 0.3) is 0 Å². The van der Waals surface area contributed by atoms with Crippen LogP contribution in [0, 0.1) is 0 Å². The van der Waals surface area contributed by atoms with Crippen molar-refractivity contribution in [2.45, 2.75) is 20.8 Å². The molecule has 0 aromatic carbocycles. The van der Waals surface area contributed by atoms with E-state index >= 15 is 0 Å². The van der Waals surface area contributed by atoms with Crippen molar-refractivity contribution in [1.82, 2.24) is 0 Å². The average molecular weight is 134 g/mol. The summed E-state index contributed by atoms with van der Waals surface area (Å²) in [6.07, 6.45) is 4.20. The summed E-state index contributed by atoms with van der Waals surface area (Å²) in [6.45, 7) is 10.1. The van der Waals surface area contributed by atoms with Gasteiger partial charge in [-0.25, -0.2) is 0 Å². The highest BCUT2D eigenvalue weighted by Crippen LogP contribution is 2.08. The Morgan fingerprint density at radius 2 is 1.80 bits per heavy atom. The Morgan fingerprint density at radius 3 is 2.10 bits per heavy atom. The lowest BCUT2D eigenvalue weighted by Crippen LogP contribution is -1.80. The second kappa shape index (κ2) is 4.16. The van der Waals surface area contributed by atoms with Gasteiger partial charge >= 0.3 is 0 Å². The van der Waals surface area contributed by atoms with Gasteiger partial charge in [0.2, 0.25) is 0 Å². The predicted octanol–water partition coefficient (Wildman–Crippen LogP) is 2.05. The molecule has 0 spiro atoms. The van der Waals surface area contributed by atoms with Crippen LogP contribution in [0.25, 0.3) is 0 Å². The van der Waals surface area contributed by atoms with Crippen molar-refractivity contribution in [3.63, 3.8) is 0 Å². The van der Waals surface area contributed by atoms with Gasteiger partial charge < -0.3 is 0 Å². The van der Waals surface area contributed by atoms with Gasteiger partial charge in [-0.1, -0.05) is 23.2 Å². The van der Waals surface area contributed by atoms with Crippen LogP contribution >= 0.6 is 0 Å². The van der Waals surface area contributed by atoms with Crippen LogP contribution in [0.5, 0.6) is 0 Å². The molecule has 10 heavy (non-hydrogen) atoms. The third-order valence-corrected chi connectivity index (χ3v) is 1.52. The molecule has 0 radical (unpaired) electrons. The van der Waals surface area contributed by atoms with E-state index in [4.69, 9.17) is 0 Å². The highest BCUT2D eigenvalue weighted by atomic mass is 13.9. The largest absolute Gasteiger partial charge is 0.138 e. The van der Waals surface area contributed by atoms with E-state index in [1.807, 2.05) is 14.8 Å². The number of hydrogen-bond donors (Lipinski definition) is 0. The lowest BCUT2D eigenvalue weighted by Gasteiger charge is -1.98. The Morgan fingerprint density at radius 1 is 1.30 bits per heavy atom. The van der Waals surface area contributed by atoms with Gasteiger partial charge in [0.1, 0.15) is 7.85 Å². The quantitative estimate of drug-likeness (QED) is 0.400. The Balaban J connectivity index is 4.35. The second-order valence-corrected chi connectivity index (χ2v) is 2.65. The first-order chi connectivity index (χ1) is 4.57. The van der Waals surface area contributed by atoms with Gasteiger partial charge in [0.05, 0.1) is 0 Å². The van der Waals surface area contributed by atoms with Crippen LogP contribution < -0.4 is 0 Å². The fourth-order valence-corrected chi connectivity index (χ4v) is 0.711. The molecule has 0 aromatic rings. The number of rotatable bonds is 2. The normalized spacial score (nSPS) is 13.5.